The van der Waals surface area contributed by atoms with Gasteiger partial charge in [0.2, 0.25) is 0 Å². The highest BCUT2D eigenvalue weighted by Gasteiger charge is 2.17. The van der Waals surface area contributed by atoms with Crippen LogP contribution in [-0.2, 0) is 0 Å². The predicted octanol–water partition coefficient (Wildman–Crippen LogP) is 6.06. The third kappa shape index (κ3) is 3.37. The third-order valence-electron chi connectivity index (χ3n) is 2.91. The molecular weight excluding hydrogens is 436 g/mol. The summed E-state index contributed by atoms with van der Waals surface area (Å²) in [4.78, 5) is 0. The molecule has 1 atom stereocenters. The number of hydrogen-bond donors (Lipinski definition) is 0. The van der Waals surface area contributed by atoms with Crippen LogP contribution in [0.3, 0.4) is 0 Å². The molecule has 0 N–H and O–H groups in total. The van der Waals surface area contributed by atoms with Gasteiger partial charge in [-0.25, -0.2) is 0 Å². The quantitative estimate of drug-likeness (QED) is 0.459. The van der Waals surface area contributed by atoms with Gasteiger partial charge in [-0.1, -0.05) is 73.5 Å². The summed E-state index contributed by atoms with van der Waals surface area (Å²) < 4.78 is 1.99. The number of halogens is 3. The standard InChI is InChI=1S/C15H9Br2ClN2S/c16-10-6-7-11(12(17)8-10)14-19-20-15(21-14)13(18)9-4-2-1-3-5-9/h1-8,13H. The van der Waals surface area contributed by atoms with Gasteiger partial charge in [-0.15, -0.1) is 21.8 Å². The molecule has 0 aliphatic rings. The Morgan fingerprint density at radius 3 is 2.48 bits per heavy atom. The highest BCUT2D eigenvalue weighted by atomic mass is 79.9. The molecule has 0 aliphatic heterocycles. The third-order valence-corrected chi connectivity index (χ3v) is 5.67. The van der Waals surface area contributed by atoms with E-state index in [-0.39, 0.29) is 5.38 Å². The Kier molecular flexibility index (Phi) is 4.74. The second-order valence-electron chi connectivity index (χ2n) is 4.34. The lowest BCUT2D eigenvalue weighted by Gasteiger charge is -2.04. The highest BCUT2D eigenvalue weighted by molar-refractivity contribution is 9.11. The summed E-state index contributed by atoms with van der Waals surface area (Å²) in [5, 5.41) is 9.88. The average Bonchev–Trinajstić information content (AvgIpc) is 2.97. The zero-order valence-corrected chi connectivity index (χ0v) is 15.4. The molecule has 2 aromatic carbocycles. The van der Waals surface area contributed by atoms with Gasteiger partial charge in [0.05, 0.1) is 0 Å². The van der Waals surface area contributed by atoms with Crippen LogP contribution in [0.5, 0.6) is 0 Å². The Labute approximate surface area is 148 Å². The minimum Gasteiger partial charge on any atom is -0.141 e. The SMILES string of the molecule is ClC(c1ccccc1)c1nnc(-c2ccc(Br)cc2Br)s1. The zero-order chi connectivity index (χ0) is 14.8. The molecule has 0 saturated heterocycles. The second-order valence-corrected chi connectivity index (χ2v) is 7.56. The molecule has 3 aromatic rings. The Hall–Kier alpha value is -0.750. The van der Waals surface area contributed by atoms with Crippen LogP contribution in [0.15, 0.2) is 57.5 Å². The molecule has 106 valence electrons. The number of rotatable bonds is 3. The number of aromatic nitrogens is 2. The van der Waals surface area contributed by atoms with Crippen molar-refractivity contribution in [1.29, 1.82) is 0 Å². The lowest BCUT2D eigenvalue weighted by Crippen LogP contribution is -1.91. The summed E-state index contributed by atoms with van der Waals surface area (Å²) in [6.45, 7) is 0. The smallest absolute Gasteiger partial charge is 0.141 e. The van der Waals surface area contributed by atoms with Crippen molar-refractivity contribution in [2.24, 2.45) is 0 Å². The zero-order valence-electron chi connectivity index (χ0n) is 10.6. The molecule has 0 radical (unpaired) electrons. The summed E-state index contributed by atoms with van der Waals surface area (Å²) >= 11 is 15.0. The predicted molar refractivity (Wildman–Crippen MR) is 94.9 cm³/mol. The van der Waals surface area contributed by atoms with Crippen LogP contribution in [0.1, 0.15) is 15.9 Å². The van der Waals surface area contributed by atoms with Gasteiger partial charge in [0.1, 0.15) is 15.4 Å². The Bertz CT molecular complexity index is 761. The Balaban J connectivity index is 1.93. The maximum absolute atomic E-state index is 6.49. The largest absolute Gasteiger partial charge is 0.149 e. The van der Waals surface area contributed by atoms with E-state index in [2.05, 4.69) is 42.1 Å². The summed E-state index contributed by atoms with van der Waals surface area (Å²) in [5.41, 5.74) is 2.04. The molecule has 1 unspecified atom stereocenters. The van der Waals surface area contributed by atoms with Gasteiger partial charge in [0.15, 0.2) is 0 Å². The normalized spacial score (nSPS) is 12.3. The van der Waals surface area contributed by atoms with E-state index in [0.717, 1.165) is 30.1 Å². The van der Waals surface area contributed by atoms with Crippen LogP contribution >= 0.6 is 54.8 Å². The molecule has 0 fully saturated rings. The Morgan fingerprint density at radius 2 is 1.76 bits per heavy atom. The van der Waals surface area contributed by atoms with Crippen molar-refractivity contribution in [3.8, 4) is 10.6 Å². The monoisotopic (exact) mass is 442 g/mol. The first-order valence-electron chi connectivity index (χ1n) is 6.13. The average molecular weight is 445 g/mol. The second kappa shape index (κ2) is 6.57. The molecule has 2 nitrogen and oxygen atoms in total. The number of alkyl halides is 1. The molecule has 1 heterocycles. The van der Waals surface area contributed by atoms with E-state index in [1.807, 2.05) is 48.5 Å². The van der Waals surface area contributed by atoms with Crippen LogP contribution in [0.4, 0.5) is 0 Å². The van der Waals surface area contributed by atoms with Crippen molar-refractivity contribution >= 4 is 54.8 Å². The molecule has 0 saturated carbocycles. The van der Waals surface area contributed by atoms with Crippen molar-refractivity contribution < 1.29 is 0 Å². The van der Waals surface area contributed by atoms with Gasteiger partial charge in [-0.2, -0.15) is 0 Å². The molecule has 0 amide bonds. The minimum atomic E-state index is -0.272. The van der Waals surface area contributed by atoms with Crippen LogP contribution in [0.2, 0.25) is 0 Å². The summed E-state index contributed by atoms with van der Waals surface area (Å²) in [6, 6.07) is 15.9. The molecular formula is C15H9Br2ClN2S. The Morgan fingerprint density at radius 1 is 1.00 bits per heavy atom. The van der Waals surface area contributed by atoms with Crippen molar-refractivity contribution in [2.45, 2.75) is 5.38 Å². The van der Waals surface area contributed by atoms with Crippen molar-refractivity contribution in [3.05, 3.63) is 68.0 Å². The van der Waals surface area contributed by atoms with Crippen molar-refractivity contribution in [2.75, 3.05) is 0 Å². The fraction of sp³-hybridized carbons (Fsp3) is 0.0667. The van der Waals surface area contributed by atoms with Gasteiger partial charge < -0.3 is 0 Å². The van der Waals surface area contributed by atoms with E-state index in [1.165, 1.54) is 11.3 Å². The van der Waals surface area contributed by atoms with E-state index >= 15 is 0 Å². The van der Waals surface area contributed by atoms with E-state index in [4.69, 9.17) is 11.6 Å². The van der Waals surface area contributed by atoms with Crippen LogP contribution < -0.4 is 0 Å². The molecule has 6 heteroatoms. The van der Waals surface area contributed by atoms with Crippen LogP contribution in [0, 0.1) is 0 Å². The molecule has 0 spiro atoms. The van der Waals surface area contributed by atoms with Gasteiger partial charge in [-0.05, 0) is 23.8 Å². The summed E-state index contributed by atoms with van der Waals surface area (Å²) in [6.07, 6.45) is 0. The molecule has 3 rings (SSSR count). The molecule has 0 aliphatic carbocycles. The topological polar surface area (TPSA) is 25.8 Å². The lowest BCUT2D eigenvalue weighted by molar-refractivity contribution is 0.988. The van der Waals surface area contributed by atoms with E-state index in [1.54, 1.807) is 0 Å². The van der Waals surface area contributed by atoms with Crippen LogP contribution in [-0.4, -0.2) is 10.2 Å². The number of benzene rings is 2. The number of nitrogens with zero attached hydrogens (tertiary/aromatic N) is 2. The summed E-state index contributed by atoms with van der Waals surface area (Å²) in [7, 11) is 0. The highest BCUT2D eigenvalue weighted by Crippen LogP contribution is 2.37. The maximum atomic E-state index is 6.49. The van der Waals surface area contributed by atoms with E-state index < -0.39 is 0 Å². The van der Waals surface area contributed by atoms with Gasteiger partial charge in [0, 0.05) is 14.5 Å². The minimum absolute atomic E-state index is 0.272. The van der Waals surface area contributed by atoms with Crippen molar-refractivity contribution in [1.82, 2.24) is 10.2 Å². The number of hydrogen-bond acceptors (Lipinski definition) is 3. The molecule has 1 aromatic heterocycles. The molecule has 0 bridgehead atoms. The maximum Gasteiger partial charge on any atom is 0.149 e. The van der Waals surface area contributed by atoms with E-state index in [9.17, 15) is 0 Å². The summed E-state index contributed by atoms with van der Waals surface area (Å²) in [5.74, 6) is 0. The van der Waals surface area contributed by atoms with Gasteiger partial charge >= 0.3 is 0 Å². The first-order chi connectivity index (χ1) is 10.1. The fourth-order valence-corrected chi connectivity index (χ4v) is 4.45. The van der Waals surface area contributed by atoms with Crippen LogP contribution in [0.25, 0.3) is 10.6 Å². The van der Waals surface area contributed by atoms with E-state index in [0.29, 0.717) is 0 Å². The fourth-order valence-electron chi connectivity index (χ4n) is 1.87. The first-order valence-corrected chi connectivity index (χ1v) is 8.97. The van der Waals surface area contributed by atoms with Gasteiger partial charge in [-0.3, -0.25) is 0 Å². The first kappa shape index (κ1) is 15.2. The van der Waals surface area contributed by atoms with Gasteiger partial charge in [0.25, 0.3) is 0 Å². The lowest BCUT2D eigenvalue weighted by atomic mass is 10.1. The van der Waals surface area contributed by atoms with Crippen molar-refractivity contribution in [3.63, 3.8) is 0 Å². The molecule has 21 heavy (non-hydrogen) atoms.